The molecule has 2 rings (SSSR count). The SMILES string of the molecule is C=C/C=C(\C=C)C(c1ccccc1)C1CCCN(CC(=O)O)C1. The summed E-state index contributed by atoms with van der Waals surface area (Å²) in [5, 5.41) is 9.06. The Balaban J connectivity index is 2.29. The first-order valence-electron chi connectivity index (χ1n) is 8.10. The van der Waals surface area contributed by atoms with Gasteiger partial charge in [-0.05, 0) is 36.4 Å². The average Bonchev–Trinajstić information content (AvgIpc) is 2.55. The number of carboxylic acid groups (broad SMARTS) is 1. The Labute approximate surface area is 138 Å². The van der Waals surface area contributed by atoms with Crippen molar-refractivity contribution in [3.05, 3.63) is 72.9 Å². The average molecular weight is 311 g/mol. The van der Waals surface area contributed by atoms with Gasteiger partial charge in [-0.1, -0.05) is 61.7 Å². The third kappa shape index (κ3) is 4.67. The van der Waals surface area contributed by atoms with Crippen LogP contribution in [0.4, 0.5) is 0 Å². The first-order valence-corrected chi connectivity index (χ1v) is 8.10. The van der Waals surface area contributed by atoms with Gasteiger partial charge in [0.2, 0.25) is 0 Å². The van der Waals surface area contributed by atoms with Gasteiger partial charge in [-0.3, -0.25) is 9.69 Å². The monoisotopic (exact) mass is 311 g/mol. The van der Waals surface area contributed by atoms with Crippen LogP contribution in [-0.4, -0.2) is 35.6 Å². The summed E-state index contributed by atoms with van der Waals surface area (Å²) in [5.74, 6) is -0.148. The van der Waals surface area contributed by atoms with E-state index in [1.54, 1.807) is 6.08 Å². The second kappa shape index (κ2) is 8.49. The van der Waals surface area contributed by atoms with Gasteiger partial charge in [0.05, 0.1) is 6.54 Å². The molecule has 0 radical (unpaired) electrons. The Bertz CT molecular complexity index is 577. The lowest BCUT2D eigenvalue weighted by atomic mass is 9.76. The van der Waals surface area contributed by atoms with Crippen LogP contribution < -0.4 is 0 Å². The van der Waals surface area contributed by atoms with Crippen molar-refractivity contribution in [2.45, 2.75) is 18.8 Å². The molecule has 23 heavy (non-hydrogen) atoms. The topological polar surface area (TPSA) is 40.5 Å². The molecule has 2 atom stereocenters. The van der Waals surface area contributed by atoms with Gasteiger partial charge in [-0.25, -0.2) is 0 Å². The van der Waals surface area contributed by atoms with Crippen LogP contribution in [0.2, 0.25) is 0 Å². The first-order chi connectivity index (χ1) is 11.2. The van der Waals surface area contributed by atoms with Crippen LogP contribution in [0, 0.1) is 5.92 Å². The highest BCUT2D eigenvalue weighted by Gasteiger charge is 2.30. The fraction of sp³-hybridized carbons (Fsp3) is 0.350. The molecule has 0 amide bonds. The van der Waals surface area contributed by atoms with Gasteiger partial charge in [0.15, 0.2) is 0 Å². The maximum atomic E-state index is 11.0. The molecule has 1 aromatic carbocycles. The number of nitrogens with zero attached hydrogens (tertiary/aromatic N) is 1. The van der Waals surface area contributed by atoms with Gasteiger partial charge in [-0.15, -0.1) is 0 Å². The zero-order chi connectivity index (χ0) is 16.7. The molecule has 0 spiro atoms. The van der Waals surface area contributed by atoms with E-state index in [9.17, 15) is 4.79 Å². The standard InChI is InChI=1S/C20H25NO2/c1-3-9-16(4-2)20(17-10-6-5-7-11-17)18-12-8-13-21(14-18)15-19(22)23/h3-7,9-11,18,20H,1-2,8,12-15H2,(H,22,23)/b16-9+. The third-order valence-electron chi connectivity index (χ3n) is 4.44. The van der Waals surface area contributed by atoms with Gasteiger partial charge < -0.3 is 5.11 Å². The summed E-state index contributed by atoms with van der Waals surface area (Å²) >= 11 is 0. The normalized spacial score (nSPS) is 20.7. The number of rotatable bonds is 7. The number of hydrogen-bond donors (Lipinski definition) is 1. The Morgan fingerprint density at radius 2 is 2.09 bits per heavy atom. The summed E-state index contributed by atoms with van der Waals surface area (Å²) in [7, 11) is 0. The van der Waals surface area contributed by atoms with Crippen molar-refractivity contribution in [2.24, 2.45) is 5.92 Å². The summed E-state index contributed by atoms with van der Waals surface area (Å²) in [5.41, 5.74) is 2.40. The molecule has 1 N–H and O–H groups in total. The predicted molar refractivity (Wildman–Crippen MR) is 94.5 cm³/mol. The van der Waals surface area contributed by atoms with Gasteiger partial charge in [0.25, 0.3) is 0 Å². The highest BCUT2D eigenvalue weighted by atomic mass is 16.4. The molecule has 1 saturated heterocycles. The van der Waals surface area contributed by atoms with E-state index >= 15 is 0 Å². The Morgan fingerprint density at radius 1 is 1.35 bits per heavy atom. The smallest absolute Gasteiger partial charge is 0.317 e. The minimum Gasteiger partial charge on any atom is -0.480 e. The number of carboxylic acids is 1. The third-order valence-corrected chi connectivity index (χ3v) is 4.44. The van der Waals surface area contributed by atoms with Crippen LogP contribution in [0.5, 0.6) is 0 Å². The molecule has 0 bridgehead atoms. The number of likely N-dealkylation sites (tertiary alicyclic amines) is 1. The van der Waals surface area contributed by atoms with Crippen molar-refractivity contribution in [2.75, 3.05) is 19.6 Å². The highest BCUT2D eigenvalue weighted by Crippen LogP contribution is 2.37. The van der Waals surface area contributed by atoms with E-state index in [0.29, 0.717) is 5.92 Å². The minimum atomic E-state index is -0.757. The summed E-state index contributed by atoms with van der Waals surface area (Å²) < 4.78 is 0. The lowest BCUT2D eigenvalue weighted by molar-refractivity contribution is -0.138. The quantitative estimate of drug-likeness (QED) is 0.777. The molecule has 2 unspecified atom stereocenters. The van der Waals surface area contributed by atoms with Crippen molar-refractivity contribution >= 4 is 5.97 Å². The largest absolute Gasteiger partial charge is 0.480 e. The number of allylic oxidation sites excluding steroid dienone is 4. The Morgan fingerprint density at radius 3 is 2.70 bits per heavy atom. The van der Waals surface area contributed by atoms with Crippen LogP contribution in [0.15, 0.2) is 67.3 Å². The Kier molecular flexibility index (Phi) is 6.36. The minimum absolute atomic E-state index is 0.118. The molecule has 1 fully saturated rings. The lowest BCUT2D eigenvalue weighted by Crippen LogP contribution is -2.40. The molecule has 122 valence electrons. The van der Waals surface area contributed by atoms with Gasteiger partial charge >= 0.3 is 5.97 Å². The molecule has 1 aliphatic heterocycles. The molecule has 3 heteroatoms. The number of hydrogen-bond acceptors (Lipinski definition) is 2. The molecule has 1 aromatic rings. The fourth-order valence-electron chi connectivity index (χ4n) is 3.53. The van der Waals surface area contributed by atoms with Crippen molar-refractivity contribution in [1.82, 2.24) is 4.90 Å². The second-order valence-electron chi connectivity index (χ2n) is 6.03. The zero-order valence-electron chi connectivity index (χ0n) is 13.5. The zero-order valence-corrected chi connectivity index (χ0v) is 13.5. The molecule has 3 nitrogen and oxygen atoms in total. The molecular weight excluding hydrogens is 286 g/mol. The van der Waals surface area contributed by atoms with Crippen LogP contribution in [0.3, 0.4) is 0 Å². The van der Waals surface area contributed by atoms with Crippen LogP contribution >= 0.6 is 0 Å². The van der Waals surface area contributed by atoms with E-state index in [-0.39, 0.29) is 12.5 Å². The van der Waals surface area contributed by atoms with Crippen LogP contribution in [-0.2, 0) is 4.79 Å². The van der Waals surface area contributed by atoms with E-state index in [1.807, 2.05) is 23.1 Å². The van der Waals surface area contributed by atoms with Gasteiger partial charge in [-0.2, -0.15) is 0 Å². The first kappa shape index (κ1) is 17.2. The van der Waals surface area contributed by atoms with E-state index in [0.717, 1.165) is 31.5 Å². The number of carbonyl (C=O) groups is 1. The predicted octanol–water partition coefficient (Wildman–Crippen LogP) is 3.87. The molecule has 1 heterocycles. The maximum absolute atomic E-state index is 11.0. The van der Waals surface area contributed by atoms with E-state index in [1.165, 1.54) is 5.56 Å². The summed E-state index contributed by atoms with van der Waals surface area (Å²) in [6.07, 6.45) is 7.83. The summed E-state index contributed by atoms with van der Waals surface area (Å²) in [6, 6.07) is 10.4. The van der Waals surface area contributed by atoms with Crippen LogP contribution in [0.1, 0.15) is 24.3 Å². The van der Waals surface area contributed by atoms with E-state index in [4.69, 9.17) is 5.11 Å². The summed E-state index contributed by atoms with van der Waals surface area (Å²) in [4.78, 5) is 13.1. The van der Waals surface area contributed by atoms with Gasteiger partial charge in [0.1, 0.15) is 0 Å². The van der Waals surface area contributed by atoms with Gasteiger partial charge in [0, 0.05) is 12.5 Å². The summed E-state index contributed by atoms with van der Waals surface area (Å²) in [6.45, 7) is 9.55. The Hall–Kier alpha value is -2.13. The maximum Gasteiger partial charge on any atom is 0.317 e. The van der Waals surface area contributed by atoms with Crippen molar-refractivity contribution in [3.8, 4) is 0 Å². The molecule has 0 aromatic heterocycles. The van der Waals surface area contributed by atoms with Crippen molar-refractivity contribution in [1.29, 1.82) is 0 Å². The molecule has 0 aliphatic carbocycles. The second-order valence-corrected chi connectivity index (χ2v) is 6.03. The lowest BCUT2D eigenvalue weighted by Gasteiger charge is -2.37. The molecule has 1 aliphatic rings. The van der Waals surface area contributed by atoms with E-state index < -0.39 is 5.97 Å². The fourth-order valence-corrected chi connectivity index (χ4v) is 3.53. The number of aliphatic carboxylic acids is 1. The molecule has 0 saturated carbocycles. The van der Waals surface area contributed by atoms with Crippen molar-refractivity contribution < 1.29 is 9.90 Å². The molecular formula is C20H25NO2. The number of piperidine rings is 1. The van der Waals surface area contributed by atoms with Crippen LogP contribution in [0.25, 0.3) is 0 Å². The highest BCUT2D eigenvalue weighted by molar-refractivity contribution is 5.69. The van der Waals surface area contributed by atoms with E-state index in [2.05, 4.69) is 37.4 Å². The van der Waals surface area contributed by atoms with Crippen molar-refractivity contribution in [3.63, 3.8) is 0 Å². The number of benzene rings is 1.